The van der Waals surface area contributed by atoms with Crippen LogP contribution in [-0.4, -0.2) is 42.2 Å². The Morgan fingerprint density at radius 2 is 1.90 bits per heavy atom. The van der Waals surface area contributed by atoms with Crippen molar-refractivity contribution in [3.05, 3.63) is 29.6 Å². The zero-order valence-corrected chi connectivity index (χ0v) is 18.2. The van der Waals surface area contributed by atoms with Gasteiger partial charge in [-0.15, -0.1) is 0 Å². The first kappa shape index (κ1) is 22.4. The number of nitrogens with two attached hydrogens (primary N) is 1. The van der Waals surface area contributed by atoms with E-state index in [4.69, 9.17) is 15.2 Å². The fourth-order valence-corrected chi connectivity index (χ4v) is 4.61. The quantitative estimate of drug-likeness (QED) is 0.687. The summed E-state index contributed by atoms with van der Waals surface area (Å²) in [5, 5.41) is 0. The number of carbonyl (C=O) groups is 2. The first-order valence-corrected chi connectivity index (χ1v) is 10.8. The van der Waals surface area contributed by atoms with Crippen molar-refractivity contribution in [3.63, 3.8) is 0 Å². The lowest BCUT2D eigenvalue weighted by atomic mass is 9.56. The summed E-state index contributed by atoms with van der Waals surface area (Å²) < 4.78 is 24.8. The lowest BCUT2D eigenvalue weighted by Gasteiger charge is -2.52. The Morgan fingerprint density at radius 3 is 2.47 bits per heavy atom. The van der Waals surface area contributed by atoms with Gasteiger partial charge in [-0.1, -0.05) is 0 Å². The minimum Gasteiger partial charge on any atom is -0.493 e. The number of rotatable bonds is 6. The number of halogens is 1. The Morgan fingerprint density at radius 1 is 1.23 bits per heavy atom. The van der Waals surface area contributed by atoms with E-state index in [1.54, 1.807) is 6.07 Å². The van der Waals surface area contributed by atoms with Crippen LogP contribution in [-0.2, 0) is 4.74 Å². The lowest BCUT2D eigenvalue weighted by Crippen LogP contribution is -2.49. The lowest BCUT2D eigenvalue weighted by molar-refractivity contribution is -0.0301. The van der Waals surface area contributed by atoms with Crippen LogP contribution >= 0.6 is 0 Å². The highest BCUT2D eigenvalue weighted by Crippen LogP contribution is 2.54. The summed E-state index contributed by atoms with van der Waals surface area (Å²) in [4.78, 5) is 25.1. The summed E-state index contributed by atoms with van der Waals surface area (Å²) >= 11 is 0. The summed E-state index contributed by atoms with van der Waals surface area (Å²) in [5.41, 5.74) is 4.91. The molecule has 6 nitrogen and oxygen atoms in total. The molecule has 0 unspecified atom stereocenters. The Balaban J connectivity index is 1.33. The Hall–Kier alpha value is -2.31. The molecule has 1 aromatic rings. The fraction of sp³-hybridized carbons (Fsp3) is 0.652. The minimum atomic E-state index is -0.783. The minimum absolute atomic E-state index is 0.125. The van der Waals surface area contributed by atoms with Gasteiger partial charge < -0.3 is 20.1 Å². The van der Waals surface area contributed by atoms with Gasteiger partial charge in [0.2, 0.25) is 0 Å². The van der Waals surface area contributed by atoms with Crippen LogP contribution in [0.15, 0.2) is 18.2 Å². The molecule has 1 saturated carbocycles. The smallest absolute Gasteiger partial charge is 0.410 e. The van der Waals surface area contributed by atoms with Gasteiger partial charge >= 0.3 is 6.09 Å². The molecule has 2 N–H and O–H groups in total. The summed E-state index contributed by atoms with van der Waals surface area (Å²) in [6.45, 7) is 7.75. The molecule has 1 aliphatic heterocycles. The van der Waals surface area contributed by atoms with E-state index in [0.29, 0.717) is 23.7 Å². The molecule has 1 aliphatic carbocycles. The van der Waals surface area contributed by atoms with Gasteiger partial charge in [-0.25, -0.2) is 9.18 Å². The molecular formula is C23H33FN2O4. The van der Waals surface area contributed by atoms with Gasteiger partial charge in [-0.05, 0) is 82.8 Å². The van der Waals surface area contributed by atoms with Gasteiger partial charge in [0.25, 0.3) is 5.91 Å². The Labute approximate surface area is 177 Å². The number of hydrogen-bond acceptors (Lipinski definition) is 4. The van der Waals surface area contributed by atoms with E-state index in [0.717, 1.165) is 38.8 Å². The number of hydrogen-bond donors (Lipinski definition) is 1. The van der Waals surface area contributed by atoms with E-state index < -0.39 is 17.3 Å². The SMILES string of the molecule is CC(C)(C)OC(=O)N1CCC2(CC1)CC(CCCOc1ccc(C(N)=O)c(F)c1)C2. The van der Waals surface area contributed by atoms with Crippen molar-refractivity contribution in [2.45, 2.75) is 64.9 Å². The van der Waals surface area contributed by atoms with Crippen LogP contribution in [0.4, 0.5) is 9.18 Å². The topological polar surface area (TPSA) is 81.9 Å². The predicted molar refractivity (Wildman–Crippen MR) is 112 cm³/mol. The van der Waals surface area contributed by atoms with Crippen molar-refractivity contribution in [2.75, 3.05) is 19.7 Å². The molecule has 1 heterocycles. The third kappa shape index (κ3) is 5.64. The van der Waals surface area contributed by atoms with Gasteiger partial charge in [0.05, 0.1) is 12.2 Å². The zero-order chi connectivity index (χ0) is 21.9. The van der Waals surface area contributed by atoms with Crippen LogP contribution in [0.25, 0.3) is 0 Å². The molecule has 0 radical (unpaired) electrons. The maximum Gasteiger partial charge on any atom is 0.410 e. The fourth-order valence-electron chi connectivity index (χ4n) is 4.61. The third-order valence-corrected chi connectivity index (χ3v) is 6.15. The average Bonchev–Trinajstić information content (AvgIpc) is 2.62. The average molecular weight is 421 g/mol. The van der Waals surface area contributed by atoms with E-state index in [9.17, 15) is 14.0 Å². The zero-order valence-electron chi connectivity index (χ0n) is 18.2. The normalized spacial score (nSPS) is 18.7. The number of primary amides is 1. The molecular weight excluding hydrogens is 387 g/mol. The molecule has 0 aromatic heterocycles. The van der Waals surface area contributed by atoms with Gasteiger partial charge in [-0.3, -0.25) is 4.79 Å². The summed E-state index contributed by atoms with van der Waals surface area (Å²) in [7, 11) is 0. The number of piperidine rings is 1. The summed E-state index contributed by atoms with van der Waals surface area (Å²) in [6.07, 6.45) is 6.29. The molecule has 0 atom stereocenters. The maximum atomic E-state index is 13.7. The predicted octanol–water partition coefficient (Wildman–Crippen LogP) is 4.51. The Bertz CT molecular complexity index is 774. The van der Waals surface area contributed by atoms with Gasteiger partial charge in [-0.2, -0.15) is 0 Å². The monoisotopic (exact) mass is 420 g/mol. The van der Waals surface area contributed by atoms with Crippen LogP contribution in [0.3, 0.4) is 0 Å². The van der Waals surface area contributed by atoms with Gasteiger partial charge in [0.15, 0.2) is 0 Å². The van der Waals surface area contributed by atoms with Crippen molar-refractivity contribution in [1.82, 2.24) is 4.90 Å². The summed E-state index contributed by atoms with van der Waals surface area (Å²) in [5.74, 6) is -0.332. The van der Waals surface area contributed by atoms with E-state index in [-0.39, 0.29) is 11.7 Å². The van der Waals surface area contributed by atoms with E-state index in [2.05, 4.69) is 0 Å². The van der Waals surface area contributed by atoms with Crippen molar-refractivity contribution in [1.29, 1.82) is 0 Å². The second-order valence-corrected chi connectivity index (χ2v) is 9.74. The van der Waals surface area contributed by atoms with Crippen molar-refractivity contribution >= 4 is 12.0 Å². The highest BCUT2D eigenvalue weighted by molar-refractivity contribution is 5.93. The number of ether oxygens (including phenoxy) is 2. The Kier molecular flexibility index (Phi) is 6.58. The second-order valence-electron chi connectivity index (χ2n) is 9.74. The molecule has 3 rings (SSSR count). The van der Waals surface area contributed by atoms with Crippen LogP contribution in [0.2, 0.25) is 0 Å². The molecule has 2 amide bonds. The third-order valence-electron chi connectivity index (χ3n) is 6.15. The molecule has 1 spiro atoms. The summed E-state index contributed by atoms with van der Waals surface area (Å²) in [6, 6.07) is 4.13. The van der Waals surface area contributed by atoms with Crippen LogP contribution in [0.5, 0.6) is 5.75 Å². The molecule has 0 bridgehead atoms. The number of amides is 2. The molecule has 30 heavy (non-hydrogen) atoms. The standard InChI is InChI=1S/C23H33FN2O4/c1-22(2,3)30-21(28)26-10-8-23(9-11-26)14-16(15-23)5-4-12-29-17-6-7-18(20(25)27)19(24)13-17/h6-7,13,16H,4-5,8-12,14-15H2,1-3H3,(H2,25,27). The highest BCUT2D eigenvalue weighted by atomic mass is 19.1. The molecule has 7 heteroatoms. The van der Waals surface area contributed by atoms with Gasteiger partial charge in [0, 0.05) is 19.2 Å². The van der Waals surface area contributed by atoms with E-state index in [1.165, 1.54) is 25.0 Å². The largest absolute Gasteiger partial charge is 0.493 e. The molecule has 2 aliphatic rings. The highest BCUT2D eigenvalue weighted by Gasteiger charge is 2.46. The van der Waals surface area contributed by atoms with Crippen molar-refractivity contribution in [3.8, 4) is 5.75 Å². The van der Waals surface area contributed by atoms with Crippen LogP contribution in [0.1, 0.15) is 69.7 Å². The molecule has 1 saturated heterocycles. The molecule has 166 valence electrons. The van der Waals surface area contributed by atoms with E-state index >= 15 is 0 Å². The second kappa shape index (κ2) is 8.82. The van der Waals surface area contributed by atoms with Crippen molar-refractivity contribution < 1.29 is 23.5 Å². The number of benzene rings is 1. The number of carbonyl (C=O) groups excluding carboxylic acids is 2. The maximum absolute atomic E-state index is 13.7. The first-order valence-electron chi connectivity index (χ1n) is 10.8. The number of nitrogens with zero attached hydrogens (tertiary/aromatic N) is 1. The number of likely N-dealkylation sites (tertiary alicyclic amines) is 1. The van der Waals surface area contributed by atoms with Crippen LogP contribution < -0.4 is 10.5 Å². The van der Waals surface area contributed by atoms with E-state index in [1.807, 2.05) is 25.7 Å². The molecule has 2 fully saturated rings. The van der Waals surface area contributed by atoms with Crippen LogP contribution in [0, 0.1) is 17.2 Å². The molecule has 1 aromatic carbocycles. The first-order chi connectivity index (χ1) is 14.1. The van der Waals surface area contributed by atoms with Crippen molar-refractivity contribution in [2.24, 2.45) is 17.1 Å². The van der Waals surface area contributed by atoms with Gasteiger partial charge in [0.1, 0.15) is 17.2 Å².